The molecule has 0 spiro atoms. The highest BCUT2D eigenvalue weighted by Gasteiger charge is 2.28. The van der Waals surface area contributed by atoms with Crippen molar-refractivity contribution in [3.63, 3.8) is 0 Å². The summed E-state index contributed by atoms with van der Waals surface area (Å²) in [6, 6.07) is 3.96. The molecule has 2 heterocycles. The summed E-state index contributed by atoms with van der Waals surface area (Å²) in [5, 5.41) is 8.60. The lowest BCUT2D eigenvalue weighted by molar-refractivity contribution is -0.139. The average Bonchev–Trinajstić information content (AvgIpc) is 2.15. The number of nitrogens with zero attached hydrogens (tertiary/aromatic N) is 2. The van der Waals surface area contributed by atoms with Gasteiger partial charge in [0.05, 0.1) is 6.42 Å². The summed E-state index contributed by atoms with van der Waals surface area (Å²) < 4.78 is 0. The van der Waals surface area contributed by atoms with E-state index in [0.717, 1.165) is 19.6 Å². The minimum atomic E-state index is -0.693. The normalized spacial score (nSPS) is 17.3. The molecule has 2 rings (SSSR count). The molecular formula is C11H14N2O2. The molecule has 0 amide bonds. The van der Waals surface area contributed by atoms with E-state index in [4.69, 9.17) is 5.11 Å². The van der Waals surface area contributed by atoms with Crippen molar-refractivity contribution in [3.8, 4) is 0 Å². The maximum absolute atomic E-state index is 10.4. The standard InChI is InChI=1S/C11H14N2O2/c14-11(15)4-10-7-13(8-10)6-9-2-1-3-12-5-9/h1-3,5,10H,4,6-8H2,(H,14,15). The molecule has 0 radical (unpaired) electrons. The smallest absolute Gasteiger partial charge is 0.303 e. The van der Waals surface area contributed by atoms with E-state index >= 15 is 0 Å². The molecule has 80 valence electrons. The molecule has 0 aromatic carbocycles. The van der Waals surface area contributed by atoms with Crippen LogP contribution in [-0.4, -0.2) is 34.0 Å². The van der Waals surface area contributed by atoms with Gasteiger partial charge in [-0.05, 0) is 17.5 Å². The molecule has 0 atom stereocenters. The van der Waals surface area contributed by atoms with Crippen molar-refractivity contribution in [1.82, 2.24) is 9.88 Å². The zero-order valence-corrected chi connectivity index (χ0v) is 8.47. The van der Waals surface area contributed by atoms with Gasteiger partial charge in [0.15, 0.2) is 0 Å². The molecule has 15 heavy (non-hydrogen) atoms. The van der Waals surface area contributed by atoms with Gasteiger partial charge in [-0.2, -0.15) is 0 Å². The Hall–Kier alpha value is -1.42. The Labute approximate surface area is 88.6 Å². The number of carboxylic acid groups (broad SMARTS) is 1. The molecule has 4 heteroatoms. The van der Waals surface area contributed by atoms with Crippen LogP contribution in [0.5, 0.6) is 0 Å². The van der Waals surface area contributed by atoms with Gasteiger partial charge in [-0.25, -0.2) is 0 Å². The van der Waals surface area contributed by atoms with Gasteiger partial charge >= 0.3 is 5.97 Å². The molecule has 1 N–H and O–H groups in total. The van der Waals surface area contributed by atoms with Gasteiger partial charge in [0, 0.05) is 32.0 Å². The van der Waals surface area contributed by atoms with Gasteiger partial charge in [0.2, 0.25) is 0 Å². The molecule has 1 fully saturated rings. The van der Waals surface area contributed by atoms with Crippen LogP contribution in [0.25, 0.3) is 0 Å². The second kappa shape index (κ2) is 4.40. The lowest BCUT2D eigenvalue weighted by atomic mass is 9.96. The number of aromatic nitrogens is 1. The monoisotopic (exact) mass is 206 g/mol. The lowest BCUT2D eigenvalue weighted by Gasteiger charge is -2.38. The van der Waals surface area contributed by atoms with E-state index in [0.29, 0.717) is 12.3 Å². The summed E-state index contributed by atoms with van der Waals surface area (Å²) in [6.45, 7) is 2.66. The van der Waals surface area contributed by atoms with Crippen LogP contribution in [0.2, 0.25) is 0 Å². The third-order valence-corrected chi connectivity index (χ3v) is 2.63. The minimum Gasteiger partial charge on any atom is -0.481 e. The van der Waals surface area contributed by atoms with Crippen LogP contribution in [0, 0.1) is 5.92 Å². The maximum atomic E-state index is 10.4. The van der Waals surface area contributed by atoms with Crippen molar-refractivity contribution in [3.05, 3.63) is 30.1 Å². The molecule has 4 nitrogen and oxygen atoms in total. The number of aliphatic carboxylic acids is 1. The van der Waals surface area contributed by atoms with Crippen LogP contribution in [0.15, 0.2) is 24.5 Å². The summed E-state index contributed by atoms with van der Waals surface area (Å²) in [7, 11) is 0. The molecule has 1 aromatic rings. The SMILES string of the molecule is O=C(O)CC1CN(Cc2cccnc2)C1. The summed E-state index contributed by atoms with van der Waals surface area (Å²) >= 11 is 0. The number of hydrogen-bond acceptors (Lipinski definition) is 3. The lowest BCUT2D eigenvalue weighted by Crippen LogP contribution is -2.46. The van der Waals surface area contributed by atoms with E-state index in [-0.39, 0.29) is 0 Å². The van der Waals surface area contributed by atoms with Gasteiger partial charge in [-0.15, -0.1) is 0 Å². The predicted molar refractivity (Wildman–Crippen MR) is 55.3 cm³/mol. The summed E-state index contributed by atoms with van der Waals surface area (Å²) in [5.41, 5.74) is 1.19. The number of carbonyl (C=O) groups is 1. The Morgan fingerprint density at radius 2 is 2.40 bits per heavy atom. The Morgan fingerprint density at radius 1 is 1.60 bits per heavy atom. The van der Waals surface area contributed by atoms with E-state index in [1.54, 1.807) is 6.20 Å². The number of hydrogen-bond donors (Lipinski definition) is 1. The first kappa shape index (κ1) is 10.1. The molecule has 0 unspecified atom stereocenters. The fourth-order valence-electron chi connectivity index (χ4n) is 1.93. The Morgan fingerprint density at radius 3 is 3.00 bits per heavy atom. The second-order valence-corrected chi connectivity index (χ2v) is 4.02. The van der Waals surface area contributed by atoms with Gasteiger partial charge in [-0.3, -0.25) is 14.7 Å². The summed E-state index contributed by atoms with van der Waals surface area (Å²) in [5.74, 6) is -0.361. The molecule has 1 aromatic heterocycles. The third-order valence-electron chi connectivity index (χ3n) is 2.63. The van der Waals surface area contributed by atoms with E-state index < -0.39 is 5.97 Å². The highest BCUT2D eigenvalue weighted by Crippen LogP contribution is 2.20. The second-order valence-electron chi connectivity index (χ2n) is 4.02. The minimum absolute atomic E-state index is 0.295. The van der Waals surface area contributed by atoms with Gasteiger partial charge in [-0.1, -0.05) is 6.07 Å². The first-order valence-electron chi connectivity index (χ1n) is 5.07. The van der Waals surface area contributed by atoms with Crippen molar-refractivity contribution >= 4 is 5.97 Å². The largest absolute Gasteiger partial charge is 0.481 e. The molecule has 1 aliphatic heterocycles. The number of likely N-dealkylation sites (tertiary alicyclic amines) is 1. The topological polar surface area (TPSA) is 53.4 Å². The zero-order valence-electron chi connectivity index (χ0n) is 8.47. The number of rotatable bonds is 4. The highest BCUT2D eigenvalue weighted by molar-refractivity contribution is 5.67. The fourth-order valence-corrected chi connectivity index (χ4v) is 1.93. The van der Waals surface area contributed by atoms with Crippen molar-refractivity contribution < 1.29 is 9.90 Å². The Kier molecular flexibility index (Phi) is 2.97. The van der Waals surface area contributed by atoms with Gasteiger partial charge in [0.25, 0.3) is 0 Å². The summed E-state index contributed by atoms with van der Waals surface area (Å²) in [4.78, 5) is 16.7. The quantitative estimate of drug-likeness (QED) is 0.798. The maximum Gasteiger partial charge on any atom is 0.303 e. The van der Waals surface area contributed by atoms with E-state index in [1.165, 1.54) is 5.56 Å². The van der Waals surface area contributed by atoms with Crippen LogP contribution >= 0.6 is 0 Å². The molecule has 1 saturated heterocycles. The van der Waals surface area contributed by atoms with Crippen LogP contribution in [0.3, 0.4) is 0 Å². The van der Waals surface area contributed by atoms with Crippen molar-refractivity contribution in [2.75, 3.05) is 13.1 Å². The van der Waals surface area contributed by atoms with E-state index in [9.17, 15) is 4.79 Å². The fraction of sp³-hybridized carbons (Fsp3) is 0.455. The third kappa shape index (κ3) is 2.76. The number of carboxylic acids is 1. The van der Waals surface area contributed by atoms with Crippen molar-refractivity contribution in [1.29, 1.82) is 0 Å². The average molecular weight is 206 g/mol. The molecule has 0 saturated carbocycles. The zero-order chi connectivity index (χ0) is 10.7. The Bertz CT molecular complexity index is 334. The van der Waals surface area contributed by atoms with Crippen molar-refractivity contribution in [2.24, 2.45) is 5.92 Å². The highest BCUT2D eigenvalue weighted by atomic mass is 16.4. The number of pyridine rings is 1. The van der Waals surface area contributed by atoms with Gasteiger partial charge < -0.3 is 5.11 Å². The van der Waals surface area contributed by atoms with Crippen LogP contribution in [0.4, 0.5) is 0 Å². The van der Waals surface area contributed by atoms with Gasteiger partial charge in [0.1, 0.15) is 0 Å². The molecular weight excluding hydrogens is 192 g/mol. The predicted octanol–water partition coefficient (Wildman–Crippen LogP) is 0.988. The van der Waals surface area contributed by atoms with E-state index in [2.05, 4.69) is 9.88 Å². The summed E-state index contributed by atoms with van der Waals surface area (Å²) in [6.07, 6.45) is 3.90. The molecule has 1 aliphatic rings. The molecule has 0 bridgehead atoms. The Balaban J connectivity index is 1.74. The molecule has 0 aliphatic carbocycles. The van der Waals surface area contributed by atoms with E-state index in [1.807, 2.05) is 18.3 Å². The van der Waals surface area contributed by atoms with Crippen LogP contribution in [-0.2, 0) is 11.3 Å². The first-order valence-corrected chi connectivity index (χ1v) is 5.07. The first-order chi connectivity index (χ1) is 7.24. The van der Waals surface area contributed by atoms with Crippen LogP contribution < -0.4 is 0 Å². The van der Waals surface area contributed by atoms with Crippen molar-refractivity contribution in [2.45, 2.75) is 13.0 Å². The van der Waals surface area contributed by atoms with Crippen LogP contribution in [0.1, 0.15) is 12.0 Å².